The van der Waals surface area contributed by atoms with E-state index in [1.165, 1.54) is 25.7 Å². The van der Waals surface area contributed by atoms with Crippen LogP contribution in [0.1, 0.15) is 63.9 Å². The highest BCUT2D eigenvalue weighted by atomic mass is 31.2. The summed E-state index contributed by atoms with van der Waals surface area (Å²) in [5, 5.41) is 9.04. The van der Waals surface area contributed by atoms with Gasteiger partial charge in [-0.05, 0) is 49.8 Å². The van der Waals surface area contributed by atoms with Crippen molar-refractivity contribution >= 4 is 7.82 Å². The van der Waals surface area contributed by atoms with Gasteiger partial charge in [0.1, 0.15) is 5.75 Å². The van der Waals surface area contributed by atoms with Gasteiger partial charge in [-0.2, -0.15) is 0 Å². The van der Waals surface area contributed by atoms with Gasteiger partial charge in [-0.25, -0.2) is 4.57 Å². The molecule has 7 nitrogen and oxygen atoms in total. The van der Waals surface area contributed by atoms with Crippen molar-refractivity contribution in [2.24, 2.45) is 5.73 Å². The molecule has 0 fully saturated rings. The second-order valence-electron chi connectivity index (χ2n) is 7.36. The van der Waals surface area contributed by atoms with E-state index in [9.17, 15) is 4.57 Å². The van der Waals surface area contributed by atoms with E-state index < -0.39 is 13.4 Å². The normalized spacial score (nSPS) is 14.0. The van der Waals surface area contributed by atoms with Gasteiger partial charge in [0.2, 0.25) is 0 Å². The number of unbranched alkanes of at least 4 members (excludes halogenated alkanes) is 4. The number of rotatable bonds is 16. The lowest BCUT2D eigenvalue weighted by molar-refractivity contribution is 0.136. The summed E-state index contributed by atoms with van der Waals surface area (Å²) in [7, 11) is -4.58. The third-order valence-corrected chi connectivity index (χ3v) is 5.17. The zero-order valence-electron chi connectivity index (χ0n) is 16.9. The first-order valence-corrected chi connectivity index (χ1v) is 11.6. The molecular formula is C20H36NO6P. The van der Waals surface area contributed by atoms with E-state index in [0.717, 1.165) is 24.3 Å². The van der Waals surface area contributed by atoms with Gasteiger partial charge < -0.3 is 25.4 Å². The molecule has 28 heavy (non-hydrogen) atoms. The van der Waals surface area contributed by atoms with Crippen LogP contribution in [0.15, 0.2) is 24.3 Å². The Labute approximate surface area is 168 Å². The summed E-state index contributed by atoms with van der Waals surface area (Å²) in [6, 6.07) is 7.81. The third kappa shape index (κ3) is 11.8. The molecule has 162 valence electrons. The van der Waals surface area contributed by atoms with Crippen molar-refractivity contribution in [1.29, 1.82) is 0 Å². The van der Waals surface area contributed by atoms with Crippen molar-refractivity contribution in [2.45, 2.75) is 70.3 Å². The van der Waals surface area contributed by atoms with Gasteiger partial charge in [0, 0.05) is 12.1 Å². The lowest BCUT2D eigenvalue weighted by atomic mass is 9.88. The minimum absolute atomic E-state index is 0.0284. The van der Waals surface area contributed by atoms with E-state index in [-0.39, 0.29) is 13.2 Å². The Hall–Kier alpha value is -0.950. The standard InChI is InChI=1S/C20H36NO6P/c1-2-3-4-5-6-16-26-19-10-8-18(9-11-19)12-14-20(21,13-7-15-22)17-27-28(23,24)25/h8-11,22H,2-7,12-17,21H2,1H3,(H2,23,24,25)/t20-/m1/s1. The number of phosphoric ester groups is 1. The van der Waals surface area contributed by atoms with Crippen LogP contribution in [0.25, 0.3) is 0 Å². The Morgan fingerprint density at radius 2 is 1.71 bits per heavy atom. The molecule has 1 rings (SSSR count). The second-order valence-corrected chi connectivity index (χ2v) is 8.60. The van der Waals surface area contributed by atoms with Crippen LogP contribution in [0.3, 0.4) is 0 Å². The van der Waals surface area contributed by atoms with Gasteiger partial charge in [-0.1, -0.05) is 44.7 Å². The van der Waals surface area contributed by atoms with Gasteiger partial charge in [0.25, 0.3) is 0 Å². The van der Waals surface area contributed by atoms with Crippen molar-refractivity contribution in [3.05, 3.63) is 29.8 Å². The molecule has 0 spiro atoms. The smallest absolute Gasteiger partial charge is 0.469 e. The molecular weight excluding hydrogens is 381 g/mol. The fraction of sp³-hybridized carbons (Fsp3) is 0.700. The molecule has 0 aromatic heterocycles. The molecule has 0 aliphatic rings. The van der Waals surface area contributed by atoms with E-state index in [1.807, 2.05) is 24.3 Å². The predicted octanol–water partition coefficient (Wildman–Crippen LogP) is 3.55. The van der Waals surface area contributed by atoms with Gasteiger partial charge in [-0.3, -0.25) is 4.52 Å². The summed E-state index contributed by atoms with van der Waals surface area (Å²) in [6.07, 6.45) is 8.01. The van der Waals surface area contributed by atoms with Gasteiger partial charge in [0.15, 0.2) is 0 Å². The number of phosphoric acid groups is 1. The van der Waals surface area contributed by atoms with Gasteiger partial charge >= 0.3 is 7.82 Å². The van der Waals surface area contributed by atoms with Crippen molar-refractivity contribution in [3.8, 4) is 5.75 Å². The summed E-state index contributed by atoms with van der Waals surface area (Å²) in [6.45, 7) is 2.63. The minimum atomic E-state index is -4.58. The summed E-state index contributed by atoms with van der Waals surface area (Å²) >= 11 is 0. The number of hydrogen-bond acceptors (Lipinski definition) is 5. The highest BCUT2D eigenvalue weighted by Crippen LogP contribution is 2.37. The monoisotopic (exact) mass is 417 g/mol. The molecule has 0 saturated heterocycles. The van der Waals surface area contributed by atoms with E-state index >= 15 is 0 Å². The first-order valence-electron chi connectivity index (χ1n) is 10.1. The Morgan fingerprint density at radius 3 is 2.32 bits per heavy atom. The van der Waals surface area contributed by atoms with Crippen LogP contribution in [-0.4, -0.2) is 40.3 Å². The Kier molecular flexibility index (Phi) is 11.9. The maximum absolute atomic E-state index is 11.0. The molecule has 0 saturated carbocycles. The Balaban J connectivity index is 2.46. The number of ether oxygens (including phenoxy) is 1. The zero-order valence-corrected chi connectivity index (χ0v) is 17.8. The first kappa shape index (κ1) is 25.1. The molecule has 0 radical (unpaired) electrons. The molecule has 5 N–H and O–H groups in total. The van der Waals surface area contributed by atoms with Crippen molar-refractivity contribution in [1.82, 2.24) is 0 Å². The predicted molar refractivity (Wildman–Crippen MR) is 110 cm³/mol. The quantitative estimate of drug-likeness (QED) is 0.240. The number of aryl methyl sites for hydroxylation is 1. The maximum atomic E-state index is 11.0. The van der Waals surface area contributed by atoms with Gasteiger partial charge in [-0.15, -0.1) is 0 Å². The molecule has 0 amide bonds. The van der Waals surface area contributed by atoms with Crippen LogP contribution in [0.2, 0.25) is 0 Å². The van der Waals surface area contributed by atoms with Crippen molar-refractivity contribution in [3.63, 3.8) is 0 Å². The Bertz CT molecular complexity index is 577. The molecule has 1 aromatic carbocycles. The summed E-state index contributed by atoms with van der Waals surface area (Å²) in [4.78, 5) is 17.8. The number of aliphatic hydroxyl groups excluding tert-OH is 1. The molecule has 0 heterocycles. The van der Waals surface area contributed by atoms with Crippen LogP contribution in [0, 0.1) is 0 Å². The second kappa shape index (κ2) is 13.3. The number of benzene rings is 1. The highest BCUT2D eigenvalue weighted by molar-refractivity contribution is 7.46. The van der Waals surface area contributed by atoms with E-state index in [1.54, 1.807) is 0 Å². The lowest BCUT2D eigenvalue weighted by Gasteiger charge is -2.29. The topological polar surface area (TPSA) is 122 Å². The average molecular weight is 417 g/mol. The molecule has 1 aromatic rings. The molecule has 0 aliphatic carbocycles. The van der Waals surface area contributed by atoms with E-state index in [2.05, 4.69) is 11.4 Å². The number of nitrogens with two attached hydrogens (primary N) is 1. The molecule has 0 aliphatic heterocycles. The maximum Gasteiger partial charge on any atom is 0.469 e. The molecule has 0 unspecified atom stereocenters. The largest absolute Gasteiger partial charge is 0.494 e. The molecule has 0 bridgehead atoms. The number of hydrogen-bond donors (Lipinski definition) is 4. The van der Waals surface area contributed by atoms with Crippen LogP contribution in [0.4, 0.5) is 0 Å². The third-order valence-electron chi connectivity index (χ3n) is 4.70. The summed E-state index contributed by atoms with van der Waals surface area (Å²) < 4.78 is 21.4. The fourth-order valence-electron chi connectivity index (χ4n) is 2.95. The molecule has 8 heteroatoms. The summed E-state index contributed by atoms with van der Waals surface area (Å²) in [5.74, 6) is 0.836. The summed E-state index contributed by atoms with van der Waals surface area (Å²) in [5.41, 5.74) is 6.44. The zero-order chi connectivity index (χ0) is 20.9. The highest BCUT2D eigenvalue weighted by Gasteiger charge is 2.28. The minimum Gasteiger partial charge on any atom is -0.494 e. The van der Waals surface area contributed by atoms with Crippen LogP contribution in [0.5, 0.6) is 5.75 Å². The van der Waals surface area contributed by atoms with Crippen LogP contribution in [-0.2, 0) is 15.5 Å². The van der Waals surface area contributed by atoms with Gasteiger partial charge in [0.05, 0.1) is 13.2 Å². The number of aliphatic hydroxyl groups is 1. The average Bonchev–Trinajstić information content (AvgIpc) is 2.66. The van der Waals surface area contributed by atoms with E-state index in [0.29, 0.717) is 25.7 Å². The molecule has 1 atom stereocenters. The van der Waals surface area contributed by atoms with Crippen LogP contribution < -0.4 is 10.5 Å². The fourth-order valence-corrected chi connectivity index (χ4v) is 3.38. The van der Waals surface area contributed by atoms with Crippen LogP contribution >= 0.6 is 7.82 Å². The van der Waals surface area contributed by atoms with Crippen molar-refractivity contribution in [2.75, 3.05) is 19.8 Å². The van der Waals surface area contributed by atoms with E-state index in [4.69, 9.17) is 25.4 Å². The lowest BCUT2D eigenvalue weighted by Crippen LogP contribution is -2.45. The SMILES string of the molecule is CCCCCCCOc1ccc(CC[C@](N)(CCCO)COP(=O)(O)O)cc1. The first-order chi connectivity index (χ1) is 13.3. The Morgan fingerprint density at radius 1 is 1.04 bits per heavy atom. The van der Waals surface area contributed by atoms with Crippen molar-refractivity contribution < 1.29 is 28.7 Å².